The van der Waals surface area contributed by atoms with Crippen LogP contribution < -0.4 is 15.8 Å². The zero-order valence-corrected chi connectivity index (χ0v) is 21.6. The normalized spacial score (nSPS) is 23.6. The van der Waals surface area contributed by atoms with Gasteiger partial charge in [-0.15, -0.1) is 4.31 Å². The summed E-state index contributed by atoms with van der Waals surface area (Å²) >= 11 is -1.38. The maximum absolute atomic E-state index is 13.5. The number of carbonyl (C=O) groups is 1. The van der Waals surface area contributed by atoms with Crippen molar-refractivity contribution in [2.24, 2.45) is 11.7 Å². The summed E-state index contributed by atoms with van der Waals surface area (Å²) in [6.07, 6.45) is 4.64. The quantitative estimate of drug-likeness (QED) is 0.385. The van der Waals surface area contributed by atoms with Gasteiger partial charge < -0.3 is 25.4 Å². The lowest BCUT2D eigenvalue weighted by atomic mass is 10.1. The largest absolute Gasteiger partial charge is 0.593 e. The Morgan fingerprint density at radius 2 is 2.14 bits per heavy atom. The molecule has 1 aromatic heterocycles. The van der Waals surface area contributed by atoms with Crippen LogP contribution >= 0.6 is 0 Å². The van der Waals surface area contributed by atoms with Gasteiger partial charge in [-0.2, -0.15) is 5.10 Å². The fourth-order valence-electron chi connectivity index (χ4n) is 4.89. The van der Waals surface area contributed by atoms with E-state index in [9.17, 15) is 14.5 Å². The highest BCUT2D eigenvalue weighted by Crippen LogP contribution is 2.51. The van der Waals surface area contributed by atoms with Crippen molar-refractivity contribution in [2.45, 2.75) is 43.2 Å². The predicted octanol–water partition coefficient (Wildman–Crippen LogP) is 3.39. The predicted molar refractivity (Wildman–Crippen MR) is 141 cm³/mol. The van der Waals surface area contributed by atoms with E-state index in [1.807, 2.05) is 52.8 Å². The molecular weight excluding hydrogens is 490 g/mol. The fourth-order valence-corrected chi connectivity index (χ4v) is 6.22. The first-order chi connectivity index (χ1) is 17.9. The van der Waals surface area contributed by atoms with Crippen molar-refractivity contribution in [1.29, 1.82) is 0 Å². The molecule has 0 spiro atoms. The van der Waals surface area contributed by atoms with Gasteiger partial charge in [-0.1, -0.05) is 31.2 Å². The second-order valence-corrected chi connectivity index (χ2v) is 10.8. The van der Waals surface area contributed by atoms with Crippen molar-refractivity contribution in [3.05, 3.63) is 83.4 Å². The number of carboxylic acid groups (broad SMARTS) is 1. The summed E-state index contributed by atoms with van der Waals surface area (Å²) in [5.74, 6) is -0.311. The van der Waals surface area contributed by atoms with Crippen molar-refractivity contribution in [3.8, 4) is 11.4 Å². The number of para-hydroxylation sites is 1. The number of ether oxygens (including phenoxy) is 1. The number of hydrogen-bond donors (Lipinski definition) is 3. The molecule has 9 nitrogen and oxygen atoms in total. The van der Waals surface area contributed by atoms with Crippen LogP contribution in [0, 0.1) is 5.92 Å². The molecule has 5 rings (SSSR count). The van der Waals surface area contributed by atoms with Crippen LogP contribution in [0.25, 0.3) is 5.69 Å². The van der Waals surface area contributed by atoms with Gasteiger partial charge >= 0.3 is 5.97 Å². The van der Waals surface area contributed by atoms with E-state index in [2.05, 4.69) is 17.3 Å². The zero-order valence-electron chi connectivity index (χ0n) is 20.8. The number of fused-ring (bicyclic) bond motifs is 1. The summed E-state index contributed by atoms with van der Waals surface area (Å²) in [5.41, 5.74) is 9.42. The molecule has 4 N–H and O–H groups in total. The van der Waals surface area contributed by atoms with E-state index in [0.29, 0.717) is 35.1 Å². The lowest BCUT2D eigenvalue weighted by Crippen LogP contribution is -2.36. The summed E-state index contributed by atoms with van der Waals surface area (Å²) in [4.78, 5) is 12.7. The molecule has 194 valence electrons. The van der Waals surface area contributed by atoms with Crippen LogP contribution in [0.3, 0.4) is 0 Å². The third kappa shape index (κ3) is 5.04. The van der Waals surface area contributed by atoms with Gasteiger partial charge in [-0.25, -0.2) is 9.48 Å². The molecule has 2 unspecified atom stereocenters. The molecule has 0 bridgehead atoms. The second kappa shape index (κ2) is 10.5. The van der Waals surface area contributed by atoms with E-state index in [1.165, 1.54) is 6.20 Å². The molecule has 10 heteroatoms. The Bertz CT molecular complexity index is 1330. The Balaban J connectivity index is 1.45. The Kier molecular flexibility index (Phi) is 7.14. The molecule has 2 heterocycles. The van der Waals surface area contributed by atoms with Gasteiger partial charge in [0.05, 0.1) is 42.0 Å². The van der Waals surface area contributed by atoms with E-state index in [1.54, 1.807) is 17.9 Å². The second-order valence-electron chi connectivity index (χ2n) is 9.38. The first kappa shape index (κ1) is 25.2. The summed E-state index contributed by atoms with van der Waals surface area (Å²) in [7, 11) is 1.79. The smallest absolute Gasteiger partial charge is 0.339 e. The molecule has 1 aliphatic carbocycles. The molecular formula is C27H31N5O4S. The van der Waals surface area contributed by atoms with Crippen molar-refractivity contribution in [1.82, 2.24) is 19.4 Å². The lowest BCUT2D eigenvalue weighted by Gasteiger charge is -2.23. The Morgan fingerprint density at radius 3 is 2.89 bits per heavy atom. The minimum atomic E-state index is -1.38. The summed E-state index contributed by atoms with van der Waals surface area (Å²) in [5, 5.41) is 17.2. The van der Waals surface area contributed by atoms with Crippen LogP contribution in [0.2, 0.25) is 0 Å². The number of nitrogens with two attached hydrogens (primary N) is 1. The Labute approximate surface area is 219 Å². The van der Waals surface area contributed by atoms with Gasteiger partial charge in [0.1, 0.15) is 11.7 Å². The molecule has 2 aromatic carbocycles. The SMILES string of the molecule is CC[C@@H]1CN(Cc2cccc(-n3ncc(C(=O)O)c3[C@@H]3CC3/C(N)=C/NC)c2)[S+]([O-])c2ccccc2O1. The van der Waals surface area contributed by atoms with Gasteiger partial charge in [-0.05, 0) is 42.7 Å². The third-order valence-corrected chi connectivity index (χ3v) is 8.32. The van der Waals surface area contributed by atoms with E-state index < -0.39 is 17.3 Å². The van der Waals surface area contributed by atoms with Gasteiger partial charge in [0.2, 0.25) is 4.90 Å². The molecule has 1 aliphatic heterocycles. The first-order valence-corrected chi connectivity index (χ1v) is 13.5. The summed E-state index contributed by atoms with van der Waals surface area (Å²) in [6, 6.07) is 15.2. The van der Waals surface area contributed by atoms with Crippen molar-refractivity contribution >= 4 is 17.3 Å². The average Bonchev–Trinajstić information content (AvgIpc) is 3.59. The highest BCUT2D eigenvalue weighted by atomic mass is 32.2. The minimum Gasteiger partial charge on any atom is -0.593 e. The molecule has 37 heavy (non-hydrogen) atoms. The summed E-state index contributed by atoms with van der Waals surface area (Å²) in [6.45, 7) is 3.03. The number of nitrogens with zero attached hydrogens (tertiary/aromatic N) is 3. The molecule has 1 fully saturated rings. The highest BCUT2D eigenvalue weighted by Gasteiger charge is 2.45. The number of carboxylic acids is 1. The first-order valence-electron chi connectivity index (χ1n) is 12.4. The maximum atomic E-state index is 13.5. The number of aromatic nitrogens is 2. The van der Waals surface area contributed by atoms with Crippen molar-refractivity contribution in [3.63, 3.8) is 0 Å². The van der Waals surface area contributed by atoms with Gasteiger partial charge in [-0.3, -0.25) is 0 Å². The molecule has 0 saturated heterocycles. The van der Waals surface area contributed by atoms with E-state index in [4.69, 9.17) is 10.5 Å². The number of allylic oxidation sites excluding steroid dienone is 1. The Morgan fingerprint density at radius 1 is 1.32 bits per heavy atom. The van der Waals surface area contributed by atoms with E-state index in [-0.39, 0.29) is 23.5 Å². The van der Waals surface area contributed by atoms with Crippen LogP contribution in [0.1, 0.15) is 47.3 Å². The number of benzene rings is 2. The highest BCUT2D eigenvalue weighted by molar-refractivity contribution is 7.89. The number of rotatable bonds is 8. The lowest BCUT2D eigenvalue weighted by molar-refractivity contribution is 0.0695. The van der Waals surface area contributed by atoms with Crippen LogP contribution in [0.15, 0.2) is 71.5 Å². The molecule has 2 aliphatic rings. The zero-order chi connectivity index (χ0) is 26.1. The molecule has 4 atom stereocenters. The van der Waals surface area contributed by atoms with Crippen LogP contribution in [-0.2, 0) is 17.9 Å². The number of nitrogens with one attached hydrogen (secondary N) is 1. The molecule has 1 saturated carbocycles. The van der Waals surface area contributed by atoms with Crippen LogP contribution in [-0.4, -0.2) is 49.4 Å². The number of hydrogen-bond acceptors (Lipinski definition) is 7. The number of aromatic carboxylic acids is 1. The van der Waals surface area contributed by atoms with E-state index >= 15 is 0 Å². The van der Waals surface area contributed by atoms with Crippen molar-refractivity contribution < 1.29 is 19.2 Å². The monoisotopic (exact) mass is 521 g/mol. The van der Waals surface area contributed by atoms with Gasteiger partial charge in [0.15, 0.2) is 5.75 Å². The topological polar surface area (TPSA) is 129 Å². The standard InChI is InChI=1S/C27H31N5O4S/c1-3-19-16-31(37(35)25-10-5-4-9-24(25)36-19)15-17-7-6-8-18(11-17)32-26(22(13-30-32)27(33)34)21-12-20(21)23(28)14-29-2/h4-11,13-14,19-21,29H,3,12,15-16,28H2,1-2H3,(H,33,34)/b23-14-/t19-,20?,21-,37?/m1/s1. The van der Waals surface area contributed by atoms with Gasteiger partial charge in [0.25, 0.3) is 0 Å². The van der Waals surface area contributed by atoms with Gasteiger partial charge in [0, 0.05) is 30.8 Å². The molecule has 0 radical (unpaired) electrons. The maximum Gasteiger partial charge on any atom is 0.339 e. The van der Waals surface area contributed by atoms with Crippen LogP contribution in [0.5, 0.6) is 5.75 Å². The average molecular weight is 522 g/mol. The van der Waals surface area contributed by atoms with Crippen molar-refractivity contribution in [2.75, 3.05) is 13.6 Å². The summed E-state index contributed by atoms with van der Waals surface area (Å²) < 4.78 is 23.3. The molecule has 0 amide bonds. The molecule has 3 aromatic rings. The minimum absolute atomic E-state index is 0.0288. The Hall–Kier alpha value is -3.47. The third-order valence-electron chi connectivity index (χ3n) is 6.86. The van der Waals surface area contributed by atoms with E-state index in [0.717, 1.165) is 24.1 Å². The fraction of sp³-hybridized carbons (Fsp3) is 0.333. The van der Waals surface area contributed by atoms with Crippen LogP contribution in [0.4, 0.5) is 0 Å².